The number of nitrogens with zero attached hydrogens (tertiary/aromatic N) is 1. The lowest BCUT2D eigenvalue weighted by Gasteiger charge is -2.17. The van der Waals surface area contributed by atoms with Gasteiger partial charge in [-0.3, -0.25) is 4.79 Å². The Labute approximate surface area is 169 Å². The maximum atomic E-state index is 12.6. The Morgan fingerprint density at radius 2 is 1.86 bits per heavy atom. The van der Waals surface area contributed by atoms with Gasteiger partial charge in [0.1, 0.15) is 17.4 Å². The quantitative estimate of drug-likeness (QED) is 0.423. The van der Waals surface area contributed by atoms with Gasteiger partial charge in [-0.25, -0.2) is 4.79 Å². The maximum absolute atomic E-state index is 12.6. The lowest BCUT2D eigenvalue weighted by atomic mass is 10.1. The van der Waals surface area contributed by atoms with E-state index in [0.29, 0.717) is 23.5 Å². The van der Waals surface area contributed by atoms with Crippen molar-refractivity contribution in [2.45, 2.75) is 31.9 Å². The molecule has 0 aromatic heterocycles. The summed E-state index contributed by atoms with van der Waals surface area (Å²) in [4.78, 5) is 25.2. The number of hydrogen-bond acceptors (Lipinski definition) is 5. The molecular weight excluding hydrogens is 368 g/mol. The van der Waals surface area contributed by atoms with Gasteiger partial charge in [0.05, 0.1) is 6.61 Å². The molecule has 1 saturated carbocycles. The van der Waals surface area contributed by atoms with Gasteiger partial charge < -0.3 is 14.8 Å². The largest absolute Gasteiger partial charge is 0.494 e. The topological polar surface area (TPSA) is 88.4 Å². The lowest BCUT2D eigenvalue weighted by Crippen LogP contribution is -2.33. The number of carbonyl (C=O) groups excluding carboxylic acids is 2. The number of esters is 1. The fraction of sp³-hybridized carbons (Fsp3) is 0.261. The van der Waals surface area contributed by atoms with Gasteiger partial charge in [0, 0.05) is 11.6 Å². The van der Waals surface area contributed by atoms with E-state index in [9.17, 15) is 14.9 Å². The second-order valence-corrected chi connectivity index (χ2v) is 6.65. The van der Waals surface area contributed by atoms with Crippen LogP contribution in [0.25, 0.3) is 6.08 Å². The summed E-state index contributed by atoms with van der Waals surface area (Å²) in [6.07, 6.45) is 2.16. The summed E-state index contributed by atoms with van der Waals surface area (Å²) >= 11 is 0. The molecule has 1 atom stereocenters. The Morgan fingerprint density at radius 3 is 2.45 bits per heavy atom. The molecule has 6 heteroatoms. The number of carbonyl (C=O) groups is 2. The third kappa shape index (κ3) is 5.69. The van der Waals surface area contributed by atoms with Crippen LogP contribution in [0.15, 0.2) is 60.2 Å². The number of nitrogens with one attached hydrogen (secondary N) is 1. The van der Waals surface area contributed by atoms with E-state index in [0.717, 1.165) is 12.8 Å². The van der Waals surface area contributed by atoms with Crippen LogP contribution in [0.5, 0.6) is 5.75 Å². The molecule has 0 unspecified atom stereocenters. The number of hydrogen-bond donors (Lipinski definition) is 1. The van der Waals surface area contributed by atoms with Crippen LogP contribution in [-0.2, 0) is 14.3 Å². The van der Waals surface area contributed by atoms with E-state index < -0.39 is 12.1 Å². The van der Waals surface area contributed by atoms with Crippen LogP contribution in [-0.4, -0.2) is 24.5 Å². The molecule has 148 valence electrons. The van der Waals surface area contributed by atoms with Gasteiger partial charge in [-0.2, -0.15) is 5.26 Å². The summed E-state index contributed by atoms with van der Waals surface area (Å²) in [7, 11) is 0. The lowest BCUT2D eigenvalue weighted by molar-refractivity contribution is -0.152. The molecule has 1 aliphatic rings. The van der Waals surface area contributed by atoms with Gasteiger partial charge in [-0.05, 0) is 43.5 Å². The van der Waals surface area contributed by atoms with E-state index in [1.165, 1.54) is 6.08 Å². The van der Waals surface area contributed by atoms with Gasteiger partial charge >= 0.3 is 5.97 Å². The predicted octanol–water partition coefficient (Wildman–Crippen LogP) is 3.56. The van der Waals surface area contributed by atoms with Gasteiger partial charge in [-0.15, -0.1) is 0 Å². The molecule has 2 aromatic carbocycles. The summed E-state index contributed by atoms with van der Waals surface area (Å²) in [5.41, 5.74) is 1.02. The van der Waals surface area contributed by atoms with Crippen LogP contribution in [0.2, 0.25) is 0 Å². The molecule has 3 rings (SSSR count). The first-order chi connectivity index (χ1) is 14.1. The van der Waals surface area contributed by atoms with Crippen LogP contribution in [0.4, 0.5) is 0 Å². The maximum Gasteiger partial charge on any atom is 0.350 e. The zero-order chi connectivity index (χ0) is 20.6. The molecular formula is C23H22N2O4. The number of rotatable bonds is 8. The highest BCUT2D eigenvalue weighted by Gasteiger charge is 2.31. The van der Waals surface area contributed by atoms with E-state index in [-0.39, 0.29) is 17.5 Å². The molecule has 0 spiro atoms. The third-order valence-electron chi connectivity index (χ3n) is 4.33. The number of ether oxygens (including phenoxy) is 2. The van der Waals surface area contributed by atoms with E-state index in [1.54, 1.807) is 48.5 Å². The molecule has 1 amide bonds. The van der Waals surface area contributed by atoms with Crippen LogP contribution >= 0.6 is 0 Å². The van der Waals surface area contributed by atoms with Crippen molar-refractivity contribution in [3.8, 4) is 11.8 Å². The minimum atomic E-state index is -1.11. The second kappa shape index (κ2) is 9.56. The number of nitriles is 1. The summed E-state index contributed by atoms with van der Waals surface area (Å²) in [6.45, 7) is 2.44. The monoisotopic (exact) mass is 390 g/mol. The molecule has 0 bridgehead atoms. The zero-order valence-corrected chi connectivity index (χ0v) is 16.1. The van der Waals surface area contributed by atoms with Crippen molar-refractivity contribution in [3.63, 3.8) is 0 Å². The molecule has 1 N–H and O–H groups in total. The van der Waals surface area contributed by atoms with Crippen molar-refractivity contribution in [1.29, 1.82) is 5.26 Å². The Kier molecular flexibility index (Phi) is 6.64. The van der Waals surface area contributed by atoms with Crippen LogP contribution in [0.3, 0.4) is 0 Å². The number of amides is 1. The molecule has 0 radical (unpaired) electrons. The highest BCUT2D eigenvalue weighted by Crippen LogP contribution is 2.24. The Balaban J connectivity index is 1.77. The SMILES string of the molecule is CCOc1ccc(/C=C(\C#N)C(=O)O[C@@H](C(=O)NC2CC2)c2ccccc2)cc1. The molecule has 0 saturated heterocycles. The third-order valence-corrected chi connectivity index (χ3v) is 4.33. The highest BCUT2D eigenvalue weighted by atomic mass is 16.5. The summed E-state index contributed by atoms with van der Waals surface area (Å²) in [5.74, 6) is -0.529. The minimum Gasteiger partial charge on any atom is -0.494 e. The van der Waals surface area contributed by atoms with Crippen molar-refractivity contribution < 1.29 is 19.1 Å². The smallest absolute Gasteiger partial charge is 0.350 e. The fourth-order valence-electron chi connectivity index (χ4n) is 2.71. The molecule has 1 aliphatic carbocycles. The van der Waals surface area contributed by atoms with Crippen molar-refractivity contribution in [2.75, 3.05) is 6.61 Å². The minimum absolute atomic E-state index is 0.127. The molecule has 1 fully saturated rings. The van der Waals surface area contributed by atoms with Gasteiger partial charge in [0.25, 0.3) is 5.91 Å². The van der Waals surface area contributed by atoms with E-state index in [1.807, 2.05) is 19.1 Å². The predicted molar refractivity (Wildman–Crippen MR) is 108 cm³/mol. The first-order valence-electron chi connectivity index (χ1n) is 9.51. The van der Waals surface area contributed by atoms with Crippen molar-refractivity contribution in [3.05, 3.63) is 71.3 Å². The van der Waals surface area contributed by atoms with Gasteiger partial charge in [0.15, 0.2) is 0 Å². The number of benzene rings is 2. The van der Waals surface area contributed by atoms with Crippen LogP contribution in [0.1, 0.15) is 37.0 Å². The normalized spacial score (nSPS) is 14.4. The molecule has 2 aromatic rings. The van der Waals surface area contributed by atoms with Crippen molar-refractivity contribution >= 4 is 18.0 Å². The summed E-state index contributed by atoms with van der Waals surface area (Å²) < 4.78 is 10.8. The molecule has 0 aliphatic heterocycles. The average Bonchev–Trinajstić information content (AvgIpc) is 3.56. The standard InChI is InChI=1S/C23H22N2O4/c1-2-28-20-12-8-16(9-13-20)14-18(15-24)23(27)29-21(17-6-4-3-5-7-17)22(26)25-19-10-11-19/h3-9,12-14,19,21H,2,10-11H2,1H3,(H,25,26)/b18-14+/t21-/m1/s1. The van der Waals surface area contributed by atoms with Crippen molar-refractivity contribution in [2.24, 2.45) is 0 Å². The first kappa shape index (κ1) is 20.2. The van der Waals surface area contributed by atoms with Crippen LogP contribution in [0, 0.1) is 11.3 Å². The highest BCUT2D eigenvalue weighted by molar-refractivity contribution is 5.99. The second-order valence-electron chi connectivity index (χ2n) is 6.65. The summed E-state index contributed by atoms with van der Waals surface area (Å²) in [6, 6.07) is 17.8. The van der Waals surface area contributed by atoms with Gasteiger partial charge in [0.2, 0.25) is 6.10 Å². The Hall–Kier alpha value is -3.59. The van der Waals surface area contributed by atoms with Crippen LogP contribution < -0.4 is 10.1 Å². The van der Waals surface area contributed by atoms with E-state index >= 15 is 0 Å². The summed E-state index contributed by atoms with van der Waals surface area (Å²) in [5, 5.41) is 12.3. The molecule has 6 nitrogen and oxygen atoms in total. The average molecular weight is 390 g/mol. The first-order valence-corrected chi connectivity index (χ1v) is 9.51. The van der Waals surface area contributed by atoms with Gasteiger partial charge in [-0.1, -0.05) is 42.5 Å². The Bertz CT molecular complexity index is 926. The molecule has 0 heterocycles. The Morgan fingerprint density at radius 1 is 1.17 bits per heavy atom. The van der Waals surface area contributed by atoms with E-state index in [2.05, 4.69) is 5.32 Å². The van der Waals surface area contributed by atoms with Crippen molar-refractivity contribution in [1.82, 2.24) is 5.32 Å². The fourth-order valence-corrected chi connectivity index (χ4v) is 2.71. The van der Waals surface area contributed by atoms with E-state index in [4.69, 9.17) is 9.47 Å². The zero-order valence-electron chi connectivity index (χ0n) is 16.1. The molecule has 29 heavy (non-hydrogen) atoms.